The van der Waals surface area contributed by atoms with Gasteiger partial charge in [-0.1, -0.05) is 18.2 Å². The van der Waals surface area contributed by atoms with E-state index in [2.05, 4.69) is 44.8 Å². The van der Waals surface area contributed by atoms with Crippen LogP contribution in [0.4, 0.5) is 11.4 Å². The molecule has 0 aliphatic carbocycles. The fourth-order valence-corrected chi connectivity index (χ4v) is 3.91. The molecule has 0 radical (unpaired) electrons. The van der Waals surface area contributed by atoms with Gasteiger partial charge in [-0.3, -0.25) is 4.98 Å². The van der Waals surface area contributed by atoms with E-state index in [1.54, 1.807) is 13.3 Å². The van der Waals surface area contributed by atoms with Crippen LogP contribution < -0.4 is 20.3 Å². The lowest BCUT2D eigenvalue weighted by atomic mass is 10.1. The van der Waals surface area contributed by atoms with Crippen LogP contribution in [0.5, 0.6) is 5.75 Å². The molecule has 2 heterocycles. The molecule has 5 nitrogen and oxygen atoms in total. The molecule has 0 fully saturated rings. The number of rotatable bonds is 6. The number of methoxy groups -OCH3 is 1. The van der Waals surface area contributed by atoms with Gasteiger partial charge in [-0.2, -0.15) is 0 Å². The average Bonchev–Trinajstić information content (AvgIpc) is 3.15. The Morgan fingerprint density at radius 3 is 2.96 bits per heavy atom. The Balaban J connectivity index is 1.30. The van der Waals surface area contributed by atoms with Gasteiger partial charge in [-0.05, 0) is 61.0 Å². The third-order valence-electron chi connectivity index (χ3n) is 5.07. The van der Waals surface area contributed by atoms with Crippen molar-refractivity contribution in [3.8, 4) is 5.75 Å². The molecule has 4 rings (SSSR count). The van der Waals surface area contributed by atoms with Gasteiger partial charge in [0.1, 0.15) is 11.3 Å². The quantitative estimate of drug-likeness (QED) is 0.489. The Morgan fingerprint density at radius 1 is 1.18 bits per heavy atom. The van der Waals surface area contributed by atoms with Crippen molar-refractivity contribution in [3.63, 3.8) is 0 Å². The summed E-state index contributed by atoms with van der Waals surface area (Å²) >= 11 is 5.48. The average molecular weight is 393 g/mol. The molecule has 6 heteroatoms. The van der Waals surface area contributed by atoms with Crippen LogP contribution in [0.2, 0.25) is 0 Å². The number of fused-ring (bicyclic) bond motifs is 2. The van der Waals surface area contributed by atoms with E-state index in [9.17, 15) is 0 Å². The van der Waals surface area contributed by atoms with Gasteiger partial charge in [0.25, 0.3) is 0 Å². The Kier molecular flexibility index (Phi) is 5.58. The third-order valence-corrected chi connectivity index (χ3v) is 5.32. The number of nitrogens with zero attached hydrogens (tertiary/aromatic N) is 2. The maximum absolute atomic E-state index is 5.48. The molecular formula is C22H24N4OS. The zero-order valence-electron chi connectivity index (χ0n) is 15.9. The highest BCUT2D eigenvalue weighted by molar-refractivity contribution is 7.80. The van der Waals surface area contributed by atoms with Crippen LogP contribution in [0.3, 0.4) is 0 Å². The molecule has 0 amide bonds. The number of nitrogens with one attached hydrogen (secondary N) is 2. The Bertz CT molecular complexity index is 991. The van der Waals surface area contributed by atoms with Gasteiger partial charge >= 0.3 is 0 Å². The maximum Gasteiger partial charge on any atom is 0.170 e. The minimum atomic E-state index is 0.622. The van der Waals surface area contributed by atoms with Crippen molar-refractivity contribution in [3.05, 3.63) is 60.3 Å². The van der Waals surface area contributed by atoms with Crippen LogP contribution in [0.25, 0.3) is 10.9 Å². The highest BCUT2D eigenvalue weighted by Crippen LogP contribution is 2.30. The van der Waals surface area contributed by atoms with E-state index in [-0.39, 0.29) is 0 Å². The molecule has 1 aliphatic rings. The van der Waals surface area contributed by atoms with Gasteiger partial charge in [0, 0.05) is 42.6 Å². The molecule has 0 atom stereocenters. The number of ether oxygens (including phenoxy) is 1. The van der Waals surface area contributed by atoms with Crippen LogP contribution in [0.15, 0.2) is 54.7 Å². The number of hydrogen-bond acceptors (Lipinski definition) is 4. The van der Waals surface area contributed by atoms with Crippen LogP contribution in [-0.2, 0) is 6.42 Å². The van der Waals surface area contributed by atoms with Crippen molar-refractivity contribution >= 4 is 39.6 Å². The Morgan fingerprint density at radius 2 is 2.07 bits per heavy atom. The normalized spacial score (nSPS) is 12.7. The third kappa shape index (κ3) is 3.87. The van der Waals surface area contributed by atoms with Gasteiger partial charge in [0.05, 0.1) is 7.11 Å². The number of benzene rings is 2. The zero-order chi connectivity index (χ0) is 19.3. The first-order valence-electron chi connectivity index (χ1n) is 9.55. The summed E-state index contributed by atoms with van der Waals surface area (Å²) in [5.41, 5.74) is 4.58. The van der Waals surface area contributed by atoms with Crippen LogP contribution in [0.1, 0.15) is 12.0 Å². The highest BCUT2D eigenvalue weighted by atomic mass is 32.1. The predicted molar refractivity (Wildman–Crippen MR) is 119 cm³/mol. The number of para-hydroxylation sites is 1. The highest BCUT2D eigenvalue weighted by Gasteiger charge is 2.17. The molecule has 144 valence electrons. The summed E-state index contributed by atoms with van der Waals surface area (Å²) in [6, 6.07) is 16.5. The summed E-state index contributed by atoms with van der Waals surface area (Å²) in [5.74, 6) is 0.755. The minimum absolute atomic E-state index is 0.622. The van der Waals surface area contributed by atoms with Crippen molar-refractivity contribution in [2.24, 2.45) is 0 Å². The smallest absolute Gasteiger partial charge is 0.170 e. The summed E-state index contributed by atoms with van der Waals surface area (Å²) in [4.78, 5) is 6.88. The van der Waals surface area contributed by atoms with Crippen LogP contribution in [-0.4, -0.2) is 36.8 Å². The molecule has 1 aromatic heterocycles. The first-order chi connectivity index (χ1) is 13.8. The van der Waals surface area contributed by atoms with Crippen molar-refractivity contribution in [1.29, 1.82) is 0 Å². The number of hydrogen-bond donors (Lipinski definition) is 2. The summed E-state index contributed by atoms with van der Waals surface area (Å²) in [6.45, 7) is 2.96. The van der Waals surface area contributed by atoms with Gasteiger partial charge in [-0.25, -0.2) is 0 Å². The molecule has 0 saturated heterocycles. The molecule has 1 aliphatic heterocycles. The molecule has 2 aromatic carbocycles. The van der Waals surface area contributed by atoms with Crippen molar-refractivity contribution in [2.75, 3.05) is 37.0 Å². The van der Waals surface area contributed by atoms with Gasteiger partial charge < -0.3 is 20.3 Å². The standard InChI is InChI=1S/C22H24N4OS/c1-27-20-10-9-18(17-7-4-12-23-21(17)20)25-22(28)24-13-5-14-26-15-11-16-6-2-3-8-19(16)26/h2-4,6-10,12H,5,11,13-15H2,1H3,(H2,24,25,28). The SMILES string of the molecule is COc1ccc(NC(=S)NCCCN2CCc3ccccc32)c2cccnc12. The van der Waals surface area contributed by atoms with E-state index in [0.717, 1.165) is 54.8 Å². The molecular weight excluding hydrogens is 368 g/mol. The fourth-order valence-electron chi connectivity index (χ4n) is 3.70. The van der Waals surface area contributed by atoms with Gasteiger partial charge in [0.2, 0.25) is 0 Å². The molecule has 2 N–H and O–H groups in total. The van der Waals surface area contributed by atoms with Gasteiger partial charge in [-0.15, -0.1) is 0 Å². The van der Waals surface area contributed by atoms with Crippen LogP contribution >= 0.6 is 12.2 Å². The Hall–Kier alpha value is -2.86. The van der Waals surface area contributed by atoms with Gasteiger partial charge in [0.15, 0.2) is 5.11 Å². The first kappa shape index (κ1) is 18.5. The topological polar surface area (TPSA) is 49.4 Å². The Labute approximate surface area is 170 Å². The molecule has 0 saturated carbocycles. The predicted octanol–water partition coefficient (Wildman–Crippen LogP) is 3.98. The number of pyridine rings is 1. The lowest BCUT2D eigenvalue weighted by Crippen LogP contribution is -2.32. The number of aromatic nitrogens is 1. The molecule has 0 unspecified atom stereocenters. The fraction of sp³-hybridized carbons (Fsp3) is 0.273. The summed E-state index contributed by atoms with van der Waals surface area (Å²) < 4.78 is 5.40. The van der Waals surface area contributed by atoms with E-state index in [0.29, 0.717) is 5.11 Å². The zero-order valence-corrected chi connectivity index (χ0v) is 16.8. The monoisotopic (exact) mass is 392 g/mol. The van der Waals surface area contributed by atoms with E-state index in [4.69, 9.17) is 17.0 Å². The van der Waals surface area contributed by atoms with E-state index in [1.165, 1.54) is 11.3 Å². The second-order valence-electron chi connectivity index (χ2n) is 6.82. The number of anilines is 2. The summed E-state index contributed by atoms with van der Waals surface area (Å²) in [7, 11) is 1.65. The van der Waals surface area contributed by atoms with Crippen molar-refractivity contribution in [2.45, 2.75) is 12.8 Å². The van der Waals surface area contributed by atoms with Crippen molar-refractivity contribution < 1.29 is 4.74 Å². The summed E-state index contributed by atoms with van der Waals surface area (Å²) in [6.07, 6.45) is 3.94. The molecule has 3 aromatic rings. The second kappa shape index (κ2) is 8.44. The molecule has 0 bridgehead atoms. The van der Waals surface area contributed by atoms with E-state index >= 15 is 0 Å². The summed E-state index contributed by atoms with van der Waals surface area (Å²) in [5, 5.41) is 8.21. The molecule has 0 spiro atoms. The van der Waals surface area contributed by atoms with E-state index < -0.39 is 0 Å². The lowest BCUT2D eigenvalue weighted by molar-refractivity contribution is 0.419. The van der Waals surface area contributed by atoms with Crippen LogP contribution in [0, 0.1) is 0 Å². The van der Waals surface area contributed by atoms with Crippen molar-refractivity contribution in [1.82, 2.24) is 10.3 Å². The lowest BCUT2D eigenvalue weighted by Gasteiger charge is -2.20. The number of thiocarbonyl (C=S) groups is 1. The van der Waals surface area contributed by atoms with E-state index in [1.807, 2.05) is 24.3 Å². The minimum Gasteiger partial charge on any atom is -0.494 e. The largest absolute Gasteiger partial charge is 0.494 e. The maximum atomic E-state index is 5.48. The second-order valence-corrected chi connectivity index (χ2v) is 7.22. The molecule has 28 heavy (non-hydrogen) atoms. The first-order valence-corrected chi connectivity index (χ1v) is 9.96.